The highest BCUT2D eigenvalue weighted by molar-refractivity contribution is 7.19. The predicted octanol–water partition coefficient (Wildman–Crippen LogP) is 3.53. The van der Waals surface area contributed by atoms with Crippen LogP contribution in [0.15, 0.2) is 36.4 Å². The van der Waals surface area contributed by atoms with Crippen molar-refractivity contribution in [3.8, 4) is 11.8 Å². The SMILES string of the molecule is N#Cc1nc2ccc(OCCOCCOCCOCCNc3ccc([N+](=O)[O-])cc3[N+](=O)[O-])cc2s1. The van der Waals surface area contributed by atoms with E-state index in [1.165, 1.54) is 23.5 Å². The van der Waals surface area contributed by atoms with Crippen molar-refractivity contribution >= 4 is 38.6 Å². The van der Waals surface area contributed by atoms with E-state index in [2.05, 4.69) is 10.3 Å². The van der Waals surface area contributed by atoms with Crippen molar-refractivity contribution in [2.75, 3.05) is 58.1 Å². The van der Waals surface area contributed by atoms with Gasteiger partial charge in [0.15, 0.2) is 5.01 Å². The highest BCUT2D eigenvalue weighted by Crippen LogP contribution is 2.29. The molecule has 3 aromatic rings. The van der Waals surface area contributed by atoms with E-state index in [1.807, 2.05) is 18.2 Å². The quantitative estimate of drug-likeness (QED) is 0.167. The molecule has 1 N–H and O–H groups in total. The number of non-ortho nitro benzene ring substituents is 1. The summed E-state index contributed by atoms with van der Waals surface area (Å²) in [5.74, 6) is 0.685. The number of ether oxygens (including phenoxy) is 4. The Balaban J connectivity index is 1.19. The molecule has 0 saturated heterocycles. The lowest BCUT2D eigenvalue weighted by Crippen LogP contribution is -2.15. The van der Waals surface area contributed by atoms with Gasteiger partial charge in [-0.3, -0.25) is 20.2 Å². The second-order valence-corrected chi connectivity index (χ2v) is 8.12. The zero-order chi connectivity index (χ0) is 25.8. The highest BCUT2D eigenvalue weighted by Gasteiger charge is 2.19. The van der Waals surface area contributed by atoms with Gasteiger partial charge in [0.25, 0.3) is 11.4 Å². The Morgan fingerprint density at radius 2 is 1.61 bits per heavy atom. The minimum Gasteiger partial charge on any atom is -0.491 e. The summed E-state index contributed by atoms with van der Waals surface area (Å²) in [6.07, 6.45) is 0. The van der Waals surface area contributed by atoms with E-state index in [1.54, 1.807) is 6.07 Å². The van der Waals surface area contributed by atoms with Crippen LogP contribution in [0.3, 0.4) is 0 Å². The molecule has 0 fully saturated rings. The van der Waals surface area contributed by atoms with E-state index in [9.17, 15) is 20.2 Å². The highest BCUT2D eigenvalue weighted by atomic mass is 32.1. The number of aromatic nitrogens is 1. The molecule has 0 bridgehead atoms. The van der Waals surface area contributed by atoms with Gasteiger partial charge in [0.1, 0.15) is 24.1 Å². The molecule has 0 spiro atoms. The van der Waals surface area contributed by atoms with E-state index in [-0.39, 0.29) is 30.2 Å². The molecular formula is C22H23N5O8S. The summed E-state index contributed by atoms with van der Waals surface area (Å²) in [7, 11) is 0. The van der Waals surface area contributed by atoms with Gasteiger partial charge in [0.2, 0.25) is 0 Å². The van der Waals surface area contributed by atoms with Gasteiger partial charge in [0, 0.05) is 12.6 Å². The van der Waals surface area contributed by atoms with Gasteiger partial charge in [-0.15, -0.1) is 11.3 Å². The molecule has 14 heteroatoms. The van der Waals surface area contributed by atoms with Crippen LogP contribution >= 0.6 is 11.3 Å². The first-order chi connectivity index (χ1) is 17.5. The number of hydrogen-bond acceptors (Lipinski definition) is 12. The lowest BCUT2D eigenvalue weighted by Gasteiger charge is -2.09. The number of nitriles is 1. The van der Waals surface area contributed by atoms with E-state index >= 15 is 0 Å². The molecule has 0 aliphatic heterocycles. The maximum absolute atomic E-state index is 11.1. The standard InChI is InChI=1S/C22H23N5O8S/c23-15-22-25-19-4-2-17(14-21(19)36-22)35-12-11-34-10-9-33-8-7-32-6-5-24-18-3-1-16(26(28)29)13-20(18)27(30)31/h1-4,13-14,24H,5-12H2. The second-order valence-electron chi connectivity index (χ2n) is 7.09. The van der Waals surface area contributed by atoms with Gasteiger partial charge in [-0.25, -0.2) is 4.98 Å². The summed E-state index contributed by atoms with van der Waals surface area (Å²) < 4.78 is 22.8. The zero-order valence-electron chi connectivity index (χ0n) is 19.1. The number of nitrogens with one attached hydrogen (secondary N) is 1. The maximum Gasteiger partial charge on any atom is 0.299 e. The Labute approximate surface area is 209 Å². The minimum atomic E-state index is -0.684. The van der Waals surface area contributed by atoms with Gasteiger partial charge >= 0.3 is 0 Å². The second kappa shape index (κ2) is 13.9. The summed E-state index contributed by atoms with van der Waals surface area (Å²) in [5, 5.41) is 34.0. The van der Waals surface area contributed by atoms with E-state index in [0.29, 0.717) is 50.4 Å². The predicted molar refractivity (Wildman–Crippen MR) is 131 cm³/mol. The molecule has 2 aromatic carbocycles. The van der Waals surface area contributed by atoms with Crippen molar-refractivity contribution < 1.29 is 28.8 Å². The molecule has 1 aromatic heterocycles. The third-order valence-electron chi connectivity index (χ3n) is 4.65. The van der Waals surface area contributed by atoms with E-state index in [4.69, 9.17) is 24.2 Å². The summed E-state index contributed by atoms with van der Waals surface area (Å²) >= 11 is 1.32. The smallest absolute Gasteiger partial charge is 0.299 e. The van der Waals surface area contributed by atoms with Crippen LogP contribution in [-0.2, 0) is 14.2 Å². The Morgan fingerprint density at radius 1 is 0.917 bits per heavy atom. The number of nitro benzene ring substituents is 2. The van der Waals surface area contributed by atoms with Crippen LogP contribution in [0, 0.1) is 31.6 Å². The van der Waals surface area contributed by atoms with Crippen LogP contribution in [-0.4, -0.2) is 67.6 Å². The Hall–Kier alpha value is -3.90. The topological polar surface area (TPSA) is 172 Å². The fourth-order valence-electron chi connectivity index (χ4n) is 2.99. The minimum absolute atomic E-state index is 0.184. The zero-order valence-corrected chi connectivity index (χ0v) is 19.9. The van der Waals surface area contributed by atoms with Crippen LogP contribution < -0.4 is 10.1 Å². The van der Waals surface area contributed by atoms with Gasteiger partial charge in [0.05, 0.1) is 65.8 Å². The first-order valence-corrected chi connectivity index (χ1v) is 11.6. The first-order valence-electron chi connectivity index (χ1n) is 10.8. The number of hydrogen-bond donors (Lipinski definition) is 1. The number of nitrogens with zero attached hydrogens (tertiary/aromatic N) is 4. The number of nitro groups is 2. The Bertz CT molecular complexity index is 1230. The van der Waals surface area contributed by atoms with Crippen LogP contribution in [0.25, 0.3) is 10.2 Å². The van der Waals surface area contributed by atoms with Crippen molar-refractivity contribution in [1.29, 1.82) is 5.26 Å². The van der Waals surface area contributed by atoms with Gasteiger partial charge in [-0.2, -0.15) is 5.26 Å². The van der Waals surface area contributed by atoms with E-state index in [0.717, 1.165) is 16.3 Å². The molecule has 0 radical (unpaired) electrons. The van der Waals surface area contributed by atoms with Gasteiger partial charge in [-0.1, -0.05) is 0 Å². The molecule has 36 heavy (non-hydrogen) atoms. The molecule has 1 heterocycles. The van der Waals surface area contributed by atoms with Crippen LogP contribution in [0.2, 0.25) is 0 Å². The fraction of sp³-hybridized carbons (Fsp3) is 0.364. The van der Waals surface area contributed by atoms with Crippen molar-refractivity contribution in [3.05, 3.63) is 61.6 Å². The Kier molecular flexibility index (Phi) is 10.3. The summed E-state index contributed by atoms with van der Waals surface area (Å²) in [6, 6.07) is 10.9. The van der Waals surface area contributed by atoms with E-state index < -0.39 is 9.85 Å². The molecule has 0 amide bonds. The molecular weight excluding hydrogens is 494 g/mol. The first kappa shape index (κ1) is 26.7. The number of anilines is 1. The largest absolute Gasteiger partial charge is 0.491 e. The third kappa shape index (κ3) is 8.10. The molecule has 0 unspecified atom stereocenters. The molecule has 13 nitrogen and oxygen atoms in total. The van der Waals surface area contributed by atoms with Crippen molar-refractivity contribution in [3.63, 3.8) is 0 Å². The molecule has 0 aliphatic rings. The average molecular weight is 518 g/mol. The molecule has 0 saturated carbocycles. The van der Waals surface area contributed by atoms with Gasteiger partial charge in [-0.05, 0) is 24.3 Å². The lowest BCUT2D eigenvalue weighted by molar-refractivity contribution is -0.393. The van der Waals surface area contributed by atoms with Crippen LogP contribution in [0.1, 0.15) is 5.01 Å². The summed E-state index contributed by atoms with van der Waals surface area (Å²) in [4.78, 5) is 24.7. The summed E-state index contributed by atoms with van der Waals surface area (Å²) in [6.45, 7) is 2.81. The fourth-order valence-corrected chi connectivity index (χ4v) is 3.79. The normalized spacial score (nSPS) is 10.8. The van der Waals surface area contributed by atoms with Crippen LogP contribution in [0.5, 0.6) is 5.75 Å². The van der Waals surface area contributed by atoms with Crippen molar-refractivity contribution in [2.24, 2.45) is 0 Å². The Morgan fingerprint density at radius 3 is 2.28 bits per heavy atom. The number of rotatable bonds is 16. The maximum atomic E-state index is 11.1. The monoisotopic (exact) mass is 517 g/mol. The number of thiazole rings is 1. The molecule has 0 aliphatic carbocycles. The number of benzene rings is 2. The van der Waals surface area contributed by atoms with Crippen molar-refractivity contribution in [1.82, 2.24) is 4.98 Å². The number of fused-ring (bicyclic) bond motifs is 1. The molecule has 190 valence electrons. The third-order valence-corrected chi connectivity index (χ3v) is 5.57. The average Bonchev–Trinajstić information content (AvgIpc) is 3.29. The van der Waals surface area contributed by atoms with Crippen LogP contribution in [0.4, 0.5) is 17.1 Å². The van der Waals surface area contributed by atoms with Crippen molar-refractivity contribution in [2.45, 2.75) is 0 Å². The van der Waals surface area contributed by atoms with Gasteiger partial charge < -0.3 is 24.3 Å². The lowest BCUT2D eigenvalue weighted by atomic mass is 10.2. The molecule has 3 rings (SSSR count). The summed E-state index contributed by atoms with van der Waals surface area (Å²) in [5.41, 5.74) is 0.240. The molecule has 0 atom stereocenters.